The highest BCUT2D eigenvalue weighted by Gasteiger charge is 2.22. The van der Waals surface area contributed by atoms with Crippen LogP contribution in [0, 0.1) is 5.82 Å². The Balaban J connectivity index is 3.22. The van der Waals surface area contributed by atoms with Crippen LogP contribution in [0.15, 0.2) is 6.20 Å². The molecule has 1 rings (SSSR count). The molecule has 0 radical (unpaired) electrons. The summed E-state index contributed by atoms with van der Waals surface area (Å²) >= 11 is 0. The fourth-order valence-electron chi connectivity index (χ4n) is 1.04. The molecule has 0 aliphatic rings. The third-order valence-electron chi connectivity index (χ3n) is 1.70. The van der Waals surface area contributed by atoms with E-state index in [1.54, 1.807) is 0 Å². The molecule has 1 aromatic heterocycles. The van der Waals surface area contributed by atoms with Gasteiger partial charge in [-0.3, -0.25) is 9.78 Å². The first-order valence-corrected chi connectivity index (χ1v) is 3.86. The molecular formula is C8H7F3N2O2. The van der Waals surface area contributed by atoms with Gasteiger partial charge in [-0.15, -0.1) is 0 Å². The third kappa shape index (κ3) is 2.36. The first-order valence-electron chi connectivity index (χ1n) is 3.86. The first-order chi connectivity index (χ1) is 6.93. The number of alkyl halides is 2. The van der Waals surface area contributed by atoms with Gasteiger partial charge in [-0.25, -0.2) is 13.2 Å². The number of nitrogens with two attached hydrogens (primary N) is 1. The molecule has 7 heteroatoms. The molecule has 0 aromatic carbocycles. The van der Waals surface area contributed by atoms with Crippen LogP contribution < -0.4 is 5.73 Å². The maximum Gasteiger partial charge on any atom is 0.309 e. The van der Waals surface area contributed by atoms with Crippen molar-refractivity contribution in [2.75, 3.05) is 5.73 Å². The molecule has 0 atom stereocenters. The largest absolute Gasteiger partial charge is 0.481 e. The minimum Gasteiger partial charge on any atom is -0.481 e. The molecule has 1 heterocycles. The molecule has 1 aromatic rings. The number of halogens is 3. The lowest BCUT2D eigenvalue weighted by molar-refractivity contribution is -0.136. The van der Waals surface area contributed by atoms with Crippen LogP contribution in [0.1, 0.15) is 17.7 Å². The second-order valence-electron chi connectivity index (χ2n) is 2.76. The topological polar surface area (TPSA) is 76.2 Å². The number of nitrogen functional groups attached to an aromatic ring is 1. The van der Waals surface area contributed by atoms with Gasteiger partial charge in [-0.05, 0) is 0 Å². The van der Waals surface area contributed by atoms with Gasteiger partial charge >= 0.3 is 5.97 Å². The quantitative estimate of drug-likeness (QED) is 0.806. The van der Waals surface area contributed by atoms with Crippen LogP contribution in [0.4, 0.5) is 18.9 Å². The van der Waals surface area contributed by atoms with Crippen LogP contribution in [0.5, 0.6) is 0 Å². The Morgan fingerprint density at radius 3 is 2.67 bits per heavy atom. The number of aromatic nitrogens is 1. The number of hydrogen-bond acceptors (Lipinski definition) is 3. The summed E-state index contributed by atoms with van der Waals surface area (Å²) in [5, 5.41) is 8.36. The maximum atomic E-state index is 13.3. The molecular weight excluding hydrogens is 213 g/mol. The van der Waals surface area contributed by atoms with E-state index in [2.05, 4.69) is 4.98 Å². The van der Waals surface area contributed by atoms with Gasteiger partial charge in [0.05, 0.1) is 29.6 Å². The molecule has 3 N–H and O–H groups in total. The van der Waals surface area contributed by atoms with Crippen molar-refractivity contribution in [1.29, 1.82) is 0 Å². The number of rotatable bonds is 3. The molecule has 0 amide bonds. The maximum absolute atomic E-state index is 13.3. The van der Waals surface area contributed by atoms with Gasteiger partial charge in [0.15, 0.2) is 5.82 Å². The van der Waals surface area contributed by atoms with E-state index in [4.69, 9.17) is 10.8 Å². The molecule has 0 saturated carbocycles. The van der Waals surface area contributed by atoms with Crippen LogP contribution in [-0.2, 0) is 11.2 Å². The van der Waals surface area contributed by atoms with E-state index in [0.717, 1.165) is 6.20 Å². The monoisotopic (exact) mass is 220 g/mol. The summed E-state index contributed by atoms with van der Waals surface area (Å²) in [4.78, 5) is 13.6. The predicted octanol–water partition coefficient (Wildman–Crippen LogP) is 1.37. The van der Waals surface area contributed by atoms with Gasteiger partial charge in [0.1, 0.15) is 0 Å². The lowest BCUT2D eigenvalue weighted by Gasteiger charge is -2.08. The highest BCUT2D eigenvalue weighted by atomic mass is 19.3. The summed E-state index contributed by atoms with van der Waals surface area (Å²) in [7, 11) is 0. The molecule has 0 spiro atoms. The minimum atomic E-state index is -3.10. The summed E-state index contributed by atoms with van der Waals surface area (Å²) in [6, 6.07) is 0. The summed E-state index contributed by atoms with van der Waals surface area (Å²) < 4.78 is 37.9. The zero-order valence-electron chi connectivity index (χ0n) is 7.38. The normalized spacial score (nSPS) is 10.7. The van der Waals surface area contributed by atoms with Crippen molar-refractivity contribution in [3.63, 3.8) is 0 Å². The van der Waals surface area contributed by atoms with Gasteiger partial charge in [-0.2, -0.15) is 0 Å². The molecule has 0 unspecified atom stereocenters. The second kappa shape index (κ2) is 4.16. The summed E-state index contributed by atoms with van der Waals surface area (Å²) in [6.45, 7) is 0. The number of aliphatic carboxylic acids is 1. The fourth-order valence-corrected chi connectivity index (χ4v) is 1.04. The van der Waals surface area contributed by atoms with E-state index in [1.807, 2.05) is 0 Å². The van der Waals surface area contributed by atoms with Crippen LogP contribution in [0.2, 0.25) is 0 Å². The van der Waals surface area contributed by atoms with Crippen molar-refractivity contribution >= 4 is 11.7 Å². The smallest absolute Gasteiger partial charge is 0.309 e. The van der Waals surface area contributed by atoms with Crippen molar-refractivity contribution in [1.82, 2.24) is 4.98 Å². The Kier molecular flexibility index (Phi) is 3.13. The highest BCUT2D eigenvalue weighted by Crippen LogP contribution is 2.28. The van der Waals surface area contributed by atoms with E-state index in [1.165, 1.54) is 0 Å². The Morgan fingerprint density at radius 2 is 2.20 bits per heavy atom. The average molecular weight is 220 g/mol. The zero-order valence-corrected chi connectivity index (χ0v) is 7.38. The number of hydrogen-bond donors (Lipinski definition) is 2. The Hall–Kier alpha value is -1.79. The first kappa shape index (κ1) is 11.3. The SMILES string of the molecule is Nc1cnc(CC(=O)O)c(F)c1C(F)F. The van der Waals surface area contributed by atoms with Crippen LogP contribution in [0.3, 0.4) is 0 Å². The van der Waals surface area contributed by atoms with E-state index < -0.39 is 41.6 Å². The number of nitrogens with zero attached hydrogens (tertiary/aromatic N) is 1. The number of carboxylic acid groups (broad SMARTS) is 1. The molecule has 15 heavy (non-hydrogen) atoms. The average Bonchev–Trinajstić information content (AvgIpc) is 2.09. The Morgan fingerprint density at radius 1 is 1.60 bits per heavy atom. The van der Waals surface area contributed by atoms with Gasteiger partial charge in [0, 0.05) is 0 Å². The van der Waals surface area contributed by atoms with E-state index in [-0.39, 0.29) is 0 Å². The van der Waals surface area contributed by atoms with Crippen molar-refractivity contribution in [2.45, 2.75) is 12.8 Å². The minimum absolute atomic E-state index is 0.489. The predicted molar refractivity (Wildman–Crippen MR) is 44.9 cm³/mol. The van der Waals surface area contributed by atoms with Gasteiger partial charge in [-0.1, -0.05) is 0 Å². The molecule has 4 nitrogen and oxygen atoms in total. The molecule has 0 aliphatic carbocycles. The molecule has 0 bridgehead atoms. The third-order valence-corrected chi connectivity index (χ3v) is 1.70. The van der Waals surface area contributed by atoms with Crippen LogP contribution in [-0.4, -0.2) is 16.1 Å². The number of pyridine rings is 1. The Bertz CT molecular complexity index is 396. The van der Waals surface area contributed by atoms with E-state index in [9.17, 15) is 18.0 Å². The van der Waals surface area contributed by atoms with Crippen molar-refractivity contribution in [3.8, 4) is 0 Å². The zero-order chi connectivity index (χ0) is 11.6. The number of anilines is 1. The lowest BCUT2D eigenvalue weighted by atomic mass is 10.1. The Labute approximate surface area is 82.5 Å². The van der Waals surface area contributed by atoms with Crippen molar-refractivity contribution < 1.29 is 23.1 Å². The van der Waals surface area contributed by atoms with Gasteiger partial charge in [0.2, 0.25) is 0 Å². The van der Waals surface area contributed by atoms with Gasteiger partial charge < -0.3 is 10.8 Å². The van der Waals surface area contributed by atoms with Crippen molar-refractivity contribution in [2.24, 2.45) is 0 Å². The fraction of sp³-hybridized carbons (Fsp3) is 0.250. The van der Waals surface area contributed by atoms with Crippen molar-refractivity contribution in [3.05, 3.63) is 23.3 Å². The highest BCUT2D eigenvalue weighted by molar-refractivity contribution is 5.70. The lowest BCUT2D eigenvalue weighted by Crippen LogP contribution is -2.09. The van der Waals surface area contributed by atoms with E-state index in [0.29, 0.717) is 0 Å². The van der Waals surface area contributed by atoms with Gasteiger partial charge in [0.25, 0.3) is 6.43 Å². The molecule has 0 aliphatic heterocycles. The van der Waals surface area contributed by atoms with E-state index >= 15 is 0 Å². The molecule has 0 saturated heterocycles. The summed E-state index contributed by atoms with van der Waals surface area (Å²) in [6.07, 6.45) is -3.03. The van der Waals surface area contributed by atoms with Crippen LogP contribution in [0.25, 0.3) is 0 Å². The van der Waals surface area contributed by atoms with Crippen LogP contribution >= 0.6 is 0 Å². The number of carboxylic acids is 1. The standard InChI is InChI=1S/C8H7F3N2O2/c9-7-4(1-5(14)15)13-2-3(12)6(7)8(10)11/h2,8H,1,12H2,(H,14,15). The summed E-state index contributed by atoms with van der Waals surface area (Å²) in [5.41, 5.74) is 3.05. The molecule has 82 valence electrons. The molecule has 0 fully saturated rings. The summed E-state index contributed by atoms with van der Waals surface area (Å²) in [5.74, 6) is -2.71. The number of carbonyl (C=O) groups is 1. The second-order valence-corrected chi connectivity index (χ2v) is 2.76.